The first-order valence-electron chi connectivity index (χ1n) is 11.5. The zero-order chi connectivity index (χ0) is 21.6. The molecule has 0 spiro atoms. The average molecular weight is 444 g/mol. The number of nitrogens with one attached hydrogen (secondary N) is 1. The molecule has 8 heteroatoms. The Bertz CT molecular complexity index is 893. The fourth-order valence-corrected chi connectivity index (χ4v) is 5.67. The van der Waals surface area contributed by atoms with Gasteiger partial charge in [-0.2, -0.15) is 4.37 Å². The third-order valence-electron chi connectivity index (χ3n) is 6.70. The molecule has 3 N–H and O–H groups in total. The number of piperazine rings is 1. The van der Waals surface area contributed by atoms with Crippen LogP contribution in [0.5, 0.6) is 0 Å². The van der Waals surface area contributed by atoms with E-state index in [1.54, 1.807) is 11.5 Å². The van der Waals surface area contributed by atoms with Crippen LogP contribution in [0.4, 0.5) is 5.82 Å². The molecule has 2 fully saturated rings. The molecule has 1 aliphatic heterocycles. The van der Waals surface area contributed by atoms with Crippen LogP contribution in [0.15, 0.2) is 24.3 Å². The molecule has 1 aromatic heterocycles. The molecule has 168 valence electrons. The highest BCUT2D eigenvalue weighted by Crippen LogP contribution is 2.31. The van der Waals surface area contributed by atoms with Gasteiger partial charge in [0, 0.05) is 49.9 Å². The Morgan fingerprint density at radius 3 is 2.58 bits per heavy atom. The Labute approximate surface area is 188 Å². The number of carbonyl (C=O) groups is 2. The van der Waals surface area contributed by atoms with E-state index in [9.17, 15) is 9.59 Å². The second kappa shape index (κ2) is 10.4. The third-order valence-corrected chi connectivity index (χ3v) is 7.52. The Morgan fingerprint density at radius 2 is 1.81 bits per heavy atom. The lowest BCUT2D eigenvalue weighted by Gasteiger charge is -2.35. The maximum Gasteiger partial charge on any atom is 0.223 e. The van der Waals surface area contributed by atoms with Gasteiger partial charge in [0.15, 0.2) is 0 Å². The van der Waals surface area contributed by atoms with E-state index in [-0.39, 0.29) is 23.7 Å². The molecule has 2 heterocycles. The van der Waals surface area contributed by atoms with Gasteiger partial charge in [0.05, 0.1) is 4.70 Å². The highest BCUT2D eigenvalue weighted by atomic mass is 32.1. The van der Waals surface area contributed by atoms with E-state index in [1.165, 1.54) is 10.1 Å². The highest BCUT2D eigenvalue weighted by molar-refractivity contribution is 7.13. The Morgan fingerprint density at radius 1 is 1.06 bits per heavy atom. The van der Waals surface area contributed by atoms with Gasteiger partial charge in [-0.3, -0.25) is 14.5 Å². The maximum atomic E-state index is 12.5. The standard InChI is InChI=1S/C23H33N5O2S/c24-21(29)17-7-1-2-8-18(17)23(30)25-11-5-6-12-27-13-15-28(16-14-27)22-19-9-3-4-10-20(19)31-26-22/h3-4,9-10,17-18H,1-2,5-8,11-16H2,(H2,24,29)(H,25,30)/t17-,18+/m0/s1. The summed E-state index contributed by atoms with van der Waals surface area (Å²) in [6.07, 6.45) is 5.53. The van der Waals surface area contributed by atoms with Gasteiger partial charge in [-0.05, 0) is 55.9 Å². The van der Waals surface area contributed by atoms with Crippen molar-refractivity contribution in [2.75, 3.05) is 44.2 Å². The Kier molecular flexibility index (Phi) is 7.40. The lowest BCUT2D eigenvalue weighted by molar-refractivity contribution is -0.134. The number of primary amides is 1. The number of benzene rings is 1. The minimum atomic E-state index is -0.329. The largest absolute Gasteiger partial charge is 0.369 e. The smallest absolute Gasteiger partial charge is 0.223 e. The third kappa shape index (κ3) is 5.36. The molecular formula is C23H33N5O2S. The number of anilines is 1. The van der Waals surface area contributed by atoms with E-state index >= 15 is 0 Å². The molecule has 2 aliphatic rings. The van der Waals surface area contributed by atoms with Crippen molar-refractivity contribution in [2.24, 2.45) is 17.6 Å². The first-order chi connectivity index (χ1) is 15.1. The summed E-state index contributed by atoms with van der Waals surface area (Å²) in [4.78, 5) is 29.0. The van der Waals surface area contributed by atoms with E-state index in [0.717, 1.165) is 77.1 Å². The molecule has 1 aliphatic carbocycles. The van der Waals surface area contributed by atoms with Gasteiger partial charge in [-0.25, -0.2) is 0 Å². The summed E-state index contributed by atoms with van der Waals surface area (Å²) >= 11 is 1.58. The van der Waals surface area contributed by atoms with Crippen molar-refractivity contribution in [3.63, 3.8) is 0 Å². The summed E-state index contributed by atoms with van der Waals surface area (Å²) in [5.74, 6) is 0.276. The second-order valence-electron chi connectivity index (χ2n) is 8.73. The number of aromatic nitrogens is 1. The quantitative estimate of drug-likeness (QED) is 0.612. The second-order valence-corrected chi connectivity index (χ2v) is 9.53. The number of nitrogens with zero attached hydrogens (tertiary/aromatic N) is 3. The molecule has 0 bridgehead atoms. The fourth-order valence-electron chi connectivity index (χ4n) is 4.87. The monoisotopic (exact) mass is 443 g/mol. The van der Waals surface area contributed by atoms with Crippen molar-refractivity contribution in [3.8, 4) is 0 Å². The van der Waals surface area contributed by atoms with Crippen molar-refractivity contribution in [2.45, 2.75) is 38.5 Å². The summed E-state index contributed by atoms with van der Waals surface area (Å²) in [6, 6.07) is 8.44. The zero-order valence-electron chi connectivity index (χ0n) is 18.1. The molecule has 4 rings (SSSR count). The lowest BCUT2D eigenvalue weighted by Crippen LogP contribution is -2.47. The van der Waals surface area contributed by atoms with Crippen LogP contribution in [0.2, 0.25) is 0 Å². The molecule has 2 amide bonds. The van der Waals surface area contributed by atoms with Gasteiger partial charge in [0.25, 0.3) is 0 Å². The average Bonchev–Trinajstić information content (AvgIpc) is 3.23. The van der Waals surface area contributed by atoms with Crippen LogP contribution in [0, 0.1) is 11.8 Å². The molecule has 2 aromatic rings. The van der Waals surface area contributed by atoms with Crippen molar-refractivity contribution >= 4 is 39.3 Å². The minimum absolute atomic E-state index is 0.00704. The van der Waals surface area contributed by atoms with E-state index < -0.39 is 0 Å². The molecule has 2 atom stereocenters. The van der Waals surface area contributed by atoms with Crippen LogP contribution in [0.1, 0.15) is 38.5 Å². The summed E-state index contributed by atoms with van der Waals surface area (Å²) in [5.41, 5.74) is 5.49. The fraction of sp³-hybridized carbons (Fsp3) is 0.609. The van der Waals surface area contributed by atoms with Crippen LogP contribution >= 0.6 is 11.5 Å². The van der Waals surface area contributed by atoms with Crippen molar-refractivity contribution in [1.82, 2.24) is 14.6 Å². The molecule has 31 heavy (non-hydrogen) atoms. The van der Waals surface area contributed by atoms with Gasteiger partial charge >= 0.3 is 0 Å². The number of amides is 2. The number of hydrogen-bond acceptors (Lipinski definition) is 6. The topological polar surface area (TPSA) is 91.6 Å². The molecule has 1 saturated heterocycles. The predicted octanol–water partition coefficient (Wildman–Crippen LogP) is 2.61. The van der Waals surface area contributed by atoms with E-state index in [2.05, 4.69) is 43.8 Å². The van der Waals surface area contributed by atoms with Gasteiger partial charge < -0.3 is 16.0 Å². The molecule has 1 saturated carbocycles. The molecule has 0 radical (unpaired) electrons. The number of fused-ring (bicyclic) bond motifs is 1. The summed E-state index contributed by atoms with van der Waals surface area (Å²) in [5, 5.41) is 4.29. The lowest BCUT2D eigenvalue weighted by atomic mass is 9.78. The van der Waals surface area contributed by atoms with Crippen LogP contribution in [0.25, 0.3) is 10.1 Å². The number of rotatable bonds is 8. The maximum absolute atomic E-state index is 12.5. The minimum Gasteiger partial charge on any atom is -0.369 e. The predicted molar refractivity (Wildman–Crippen MR) is 125 cm³/mol. The zero-order valence-corrected chi connectivity index (χ0v) is 18.9. The van der Waals surface area contributed by atoms with E-state index in [0.29, 0.717) is 6.54 Å². The highest BCUT2D eigenvalue weighted by Gasteiger charge is 2.34. The summed E-state index contributed by atoms with van der Waals surface area (Å²) in [7, 11) is 0. The first-order valence-corrected chi connectivity index (χ1v) is 12.3. The number of unbranched alkanes of at least 4 members (excludes halogenated alkanes) is 1. The SMILES string of the molecule is NC(=O)[C@H]1CCCC[C@H]1C(=O)NCCCCN1CCN(c2nsc3ccccc23)CC1. The number of hydrogen-bond donors (Lipinski definition) is 2. The van der Waals surface area contributed by atoms with Gasteiger partial charge in [-0.1, -0.05) is 25.0 Å². The van der Waals surface area contributed by atoms with Crippen LogP contribution in [-0.2, 0) is 9.59 Å². The normalized spacial score (nSPS) is 22.5. The van der Waals surface area contributed by atoms with Crippen LogP contribution < -0.4 is 16.0 Å². The summed E-state index contributed by atoms with van der Waals surface area (Å²) < 4.78 is 5.93. The first kappa shape index (κ1) is 22.0. The van der Waals surface area contributed by atoms with Gasteiger partial charge in [-0.15, -0.1) is 0 Å². The molecule has 0 unspecified atom stereocenters. The number of carbonyl (C=O) groups excluding carboxylic acids is 2. The molecule has 1 aromatic carbocycles. The van der Waals surface area contributed by atoms with Crippen molar-refractivity contribution in [3.05, 3.63) is 24.3 Å². The van der Waals surface area contributed by atoms with Crippen LogP contribution in [-0.4, -0.2) is 60.4 Å². The van der Waals surface area contributed by atoms with Crippen molar-refractivity contribution in [1.29, 1.82) is 0 Å². The van der Waals surface area contributed by atoms with Gasteiger partial charge in [0.1, 0.15) is 5.82 Å². The van der Waals surface area contributed by atoms with Crippen LogP contribution in [0.3, 0.4) is 0 Å². The molecular weight excluding hydrogens is 410 g/mol. The van der Waals surface area contributed by atoms with Gasteiger partial charge in [0.2, 0.25) is 11.8 Å². The molecule has 7 nitrogen and oxygen atoms in total. The number of nitrogens with two attached hydrogens (primary N) is 1. The van der Waals surface area contributed by atoms with Crippen molar-refractivity contribution < 1.29 is 9.59 Å². The Hall–Kier alpha value is -2.19. The van der Waals surface area contributed by atoms with E-state index in [1.807, 2.05) is 0 Å². The Balaban J connectivity index is 1.14. The summed E-state index contributed by atoms with van der Waals surface area (Å²) in [6.45, 7) is 5.81. The van der Waals surface area contributed by atoms with E-state index in [4.69, 9.17) is 5.73 Å².